The minimum atomic E-state index is -0.789. The topological polar surface area (TPSA) is 84.9 Å². The second-order valence-electron chi connectivity index (χ2n) is 7.15. The number of nitrogens with one attached hydrogen (secondary N) is 1. The maximum absolute atomic E-state index is 12.2. The van der Waals surface area contributed by atoms with E-state index >= 15 is 0 Å². The number of amides is 2. The molecule has 0 aliphatic rings. The van der Waals surface area contributed by atoms with Crippen molar-refractivity contribution in [2.75, 3.05) is 7.05 Å². The van der Waals surface area contributed by atoms with E-state index in [9.17, 15) is 14.4 Å². The molecule has 0 aliphatic heterocycles. The van der Waals surface area contributed by atoms with E-state index in [1.54, 1.807) is 32.9 Å². The molecule has 148 valence electrons. The number of nitrogens with zero attached hydrogens (tertiary/aromatic N) is 1. The molecule has 0 unspecified atom stereocenters. The molecule has 0 saturated carbocycles. The number of rotatable bonds is 4. The predicted molar refractivity (Wildman–Crippen MR) is 104 cm³/mol. The highest BCUT2D eigenvalue weighted by molar-refractivity contribution is 5.90. The summed E-state index contributed by atoms with van der Waals surface area (Å²) in [6.45, 7) is 5.30. The molecule has 0 bridgehead atoms. The van der Waals surface area contributed by atoms with Gasteiger partial charge in [-0.15, -0.1) is 0 Å². The van der Waals surface area contributed by atoms with Gasteiger partial charge in [-0.3, -0.25) is 10.2 Å². The van der Waals surface area contributed by atoms with Crippen LogP contribution in [0.15, 0.2) is 54.6 Å². The van der Waals surface area contributed by atoms with E-state index in [0.717, 1.165) is 10.6 Å². The summed E-state index contributed by atoms with van der Waals surface area (Å²) in [7, 11) is 1.38. The maximum atomic E-state index is 12.2. The lowest BCUT2D eigenvalue weighted by atomic mass is 10.1. The Hall–Kier alpha value is -3.35. The Kier molecular flexibility index (Phi) is 6.76. The summed E-state index contributed by atoms with van der Waals surface area (Å²) in [4.78, 5) is 36.3. The smallest absolute Gasteiger partial charge is 0.433 e. The molecule has 0 radical (unpaired) electrons. The highest BCUT2D eigenvalue weighted by atomic mass is 16.6. The summed E-state index contributed by atoms with van der Waals surface area (Å²) in [5.41, 5.74) is 2.90. The number of hydrogen-bond acceptors (Lipinski definition) is 5. The molecule has 0 heterocycles. The van der Waals surface area contributed by atoms with Crippen LogP contribution in [0, 0.1) is 0 Å². The summed E-state index contributed by atoms with van der Waals surface area (Å²) in [5, 5.41) is 0.950. The molecule has 0 fully saturated rings. The first-order valence-corrected chi connectivity index (χ1v) is 8.76. The number of hydrogen-bond donors (Lipinski definition) is 1. The van der Waals surface area contributed by atoms with Crippen molar-refractivity contribution in [1.82, 2.24) is 10.4 Å². The zero-order chi connectivity index (χ0) is 20.7. The van der Waals surface area contributed by atoms with Crippen molar-refractivity contribution in [3.63, 3.8) is 0 Å². The van der Waals surface area contributed by atoms with Gasteiger partial charge in [-0.2, -0.15) is 0 Å². The van der Waals surface area contributed by atoms with Gasteiger partial charge in [-0.25, -0.2) is 14.6 Å². The summed E-state index contributed by atoms with van der Waals surface area (Å²) in [6.07, 6.45) is -0.658. The van der Waals surface area contributed by atoms with Gasteiger partial charge in [-0.1, -0.05) is 36.4 Å². The van der Waals surface area contributed by atoms with Gasteiger partial charge in [-0.05, 0) is 44.5 Å². The van der Waals surface area contributed by atoms with Crippen molar-refractivity contribution in [1.29, 1.82) is 0 Å². The number of esters is 1. The van der Waals surface area contributed by atoms with E-state index in [1.165, 1.54) is 19.2 Å². The SMILES string of the molecule is CN(NC(=O)Cc1ccccc1)C(=O)Oc1cccc(C(=O)OC(C)(C)C)c1. The van der Waals surface area contributed by atoms with E-state index in [2.05, 4.69) is 5.43 Å². The van der Waals surface area contributed by atoms with Crippen LogP contribution >= 0.6 is 0 Å². The zero-order valence-corrected chi connectivity index (χ0v) is 16.4. The molecule has 0 saturated heterocycles. The van der Waals surface area contributed by atoms with Gasteiger partial charge in [0.05, 0.1) is 12.0 Å². The molecule has 0 atom stereocenters. The molecule has 0 aliphatic carbocycles. The fraction of sp³-hybridized carbons (Fsp3) is 0.286. The summed E-state index contributed by atoms with van der Waals surface area (Å²) in [5.74, 6) is -0.708. The third kappa shape index (κ3) is 6.75. The standard InChI is InChI=1S/C21H24N2O5/c1-21(2,3)28-19(25)16-11-8-12-17(14-16)27-20(26)23(4)22-18(24)13-15-9-6-5-7-10-15/h5-12,14H,13H2,1-4H3,(H,22,24). The summed E-state index contributed by atoms with van der Waals surface area (Å²) in [6, 6.07) is 15.2. The third-order valence-electron chi connectivity index (χ3n) is 3.45. The van der Waals surface area contributed by atoms with E-state index < -0.39 is 17.7 Å². The minimum absolute atomic E-state index is 0.132. The Morgan fingerprint density at radius 1 is 1.00 bits per heavy atom. The number of carbonyl (C=O) groups excluding carboxylic acids is 3. The van der Waals surface area contributed by atoms with E-state index in [4.69, 9.17) is 9.47 Å². The number of ether oxygens (including phenoxy) is 2. The number of benzene rings is 2. The molecule has 2 aromatic carbocycles. The van der Waals surface area contributed by atoms with E-state index in [0.29, 0.717) is 0 Å². The Bertz CT molecular complexity index is 843. The Morgan fingerprint density at radius 3 is 2.32 bits per heavy atom. The van der Waals surface area contributed by atoms with Crippen molar-refractivity contribution in [3.05, 3.63) is 65.7 Å². The molecule has 2 rings (SSSR count). The van der Waals surface area contributed by atoms with Gasteiger partial charge in [0.25, 0.3) is 0 Å². The van der Waals surface area contributed by atoms with Crippen molar-refractivity contribution >= 4 is 18.0 Å². The second-order valence-corrected chi connectivity index (χ2v) is 7.15. The van der Waals surface area contributed by atoms with Crippen LogP contribution < -0.4 is 10.2 Å². The van der Waals surface area contributed by atoms with E-state index in [-0.39, 0.29) is 23.6 Å². The largest absolute Gasteiger partial charge is 0.456 e. The average Bonchev–Trinajstić information content (AvgIpc) is 2.61. The molecule has 7 nitrogen and oxygen atoms in total. The quantitative estimate of drug-likeness (QED) is 0.645. The van der Waals surface area contributed by atoms with Crippen LogP contribution in [0.2, 0.25) is 0 Å². The van der Waals surface area contributed by atoms with Crippen molar-refractivity contribution < 1.29 is 23.9 Å². The van der Waals surface area contributed by atoms with Gasteiger partial charge in [0.15, 0.2) is 0 Å². The lowest BCUT2D eigenvalue weighted by Gasteiger charge is -2.20. The molecule has 28 heavy (non-hydrogen) atoms. The van der Waals surface area contributed by atoms with Gasteiger partial charge in [0, 0.05) is 7.05 Å². The molecule has 0 spiro atoms. The van der Waals surface area contributed by atoms with Gasteiger partial charge in [0.1, 0.15) is 11.4 Å². The lowest BCUT2D eigenvalue weighted by Crippen LogP contribution is -2.45. The van der Waals surface area contributed by atoms with E-state index in [1.807, 2.05) is 30.3 Å². The van der Waals surface area contributed by atoms with Gasteiger partial charge in [0.2, 0.25) is 5.91 Å². The Morgan fingerprint density at radius 2 is 1.68 bits per heavy atom. The molecular weight excluding hydrogens is 360 g/mol. The lowest BCUT2D eigenvalue weighted by molar-refractivity contribution is -0.124. The first kappa shape index (κ1) is 21.0. The molecule has 2 amide bonds. The first-order valence-electron chi connectivity index (χ1n) is 8.76. The Balaban J connectivity index is 1.93. The van der Waals surface area contributed by atoms with Crippen LogP contribution in [-0.2, 0) is 16.0 Å². The van der Waals surface area contributed by atoms with Crippen molar-refractivity contribution in [2.24, 2.45) is 0 Å². The number of carbonyl (C=O) groups is 3. The average molecular weight is 384 g/mol. The third-order valence-corrected chi connectivity index (χ3v) is 3.45. The minimum Gasteiger partial charge on any atom is -0.456 e. The number of hydrazine groups is 1. The monoisotopic (exact) mass is 384 g/mol. The fourth-order valence-electron chi connectivity index (χ4n) is 2.25. The molecule has 1 N–H and O–H groups in total. The van der Waals surface area contributed by atoms with Crippen LogP contribution in [0.4, 0.5) is 4.79 Å². The summed E-state index contributed by atoms with van der Waals surface area (Å²) >= 11 is 0. The molecule has 2 aromatic rings. The van der Waals surface area contributed by atoms with Crippen LogP contribution in [0.1, 0.15) is 36.7 Å². The Labute approximate surface area is 164 Å². The normalized spacial score (nSPS) is 10.7. The fourth-order valence-corrected chi connectivity index (χ4v) is 2.25. The first-order chi connectivity index (χ1) is 13.1. The van der Waals surface area contributed by atoms with Gasteiger partial charge >= 0.3 is 12.1 Å². The molecule has 7 heteroatoms. The van der Waals surface area contributed by atoms with Crippen molar-refractivity contribution in [2.45, 2.75) is 32.8 Å². The van der Waals surface area contributed by atoms with Crippen molar-refractivity contribution in [3.8, 4) is 5.75 Å². The molecular formula is C21H24N2O5. The molecule has 0 aromatic heterocycles. The van der Waals surface area contributed by atoms with Crippen LogP contribution in [0.5, 0.6) is 5.75 Å². The summed E-state index contributed by atoms with van der Waals surface area (Å²) < 4.78 is 10.5. The maximum Gasteiger partial charge on any atom is 0.433 e. The zero-order valence-electron chi connectivity index (χ0n) is 16.4. The highest BCUT2D eigenvalue weighted by Crippen LogP contribution is 2.17. The van der Waals surface area contributed by atoms with Gasteiger partial charge < -0.3 is 9.47 Å². The highest BCUT2D eigenvalue weighted by Gasteiger charge is 2.19. The van der Waals surface area contributed by atoms with Crippen LogP contribution in [0.3, 0.4) is 0 Å². The van der Waals surface area contributed by atoms with Crippen LogP contribution in [0.25, 0.3) is 0 Å². The van der Waals surface area contributed by atoms with Crippen LogP contribution in [-0.4, -0.2) is 35.6 Å². The second kappa shape index (κ2) is 9.03. The predicted octanol–water partition coefficient (Wildman–Crippen LogP) is 3.35.